The van der Waals surface area contributed by atoms with E-state index in [0.29, 0.717) is 0 Å². The van der Waals surface area contributed by atoms with Crippen molar-refractivity contribution < 1.29 is 18.4 Å². The Morgan fingerprint density at radius 3 is 2.57 bits per heavy atom. The van der Waals surface area contributed by atoms with Crippen LogP contribution in [0.4, 0.5) is 11.4 Å². The van der Waals surface area contributed by atoms with Crippen LogP contribution in [0.25, 0.3) is 0 Å². The summed E-state index contributed by atoms with van der Waals surface area (Å²) in [5.74, 6) is 0. The van der Waals surface area contributed by atoms with Crippen LogP contribution in [-0.2, 0) is 10.0 Å². The molecule has 0 heterocycles. The van der Waals surface area contributed by atoms with Gasteiger partial charge in [-0.15, -0.1) is 0 Å². The van der Waals surface area contributed by atoms with E-state index >= 15 is 0 Å². The minimum atomic E-state index is -4.00. The van der Waals surface area contributed by atoms with Crippen molar-refractivity contribution in [2.45, 2.75) is 24.3 Å². The van der Waals surface area contributed by atoms with E-state index in [1.165, 1.54) is 32.3 Å². The van der Waals surface area contributed by atoms with E-state index in [9.17, 15) is 23.6 Å². The molecule has 0 radical (unpaired) electrons. The molecule has 0 saturated heterocycles. The molecule has 0 spiro atoms. The molecule has 0 aliphatic carbocycles. The van der Waals surface area contributed by atoms with Crippen molar-refractivity contribution in [3.8, 4) is 0 Å². The Morgan fingerprint density at radius 2 is 2.10 bits per heavy atom. The van der Waals surface area contributed by atoms with E-state index in [0.717, 1.165) is 4.31 Å². The van der Waals surface area contributed by atoms with E-state index in [4.69, 9.17) is 0 Å². The summed E-state index contributed by atoms with van der Waals surface area (Å²) in [6.45, 7) is 1.62. The van der Waals surface area contributed by atoms with E-state index in [1.807, 2.05) is 0 Å². The van der Waals surface area contributed by atoms with Gasteiger partial charge in [-0.1, -0.05) is 6.07 Å². The summed E-state index contributed by atoms with van der Waals surface area (Å²) < 4.78 is 25.9. The number of nitro benzene ring substituents is 1. The molecule has 2 N–H and O–H groups in total. The van der Waals surface area contributed by atoms with Crippen LogP contribution in [0.5, 0.6) is 0 Å². The highest BCUT2D eigenvalue weighted by atomic mass is 32.2. The zero-order valence-corrected chi connectivity index (χ0v) is 12.9. The molecule has 0 saturated carbocycles. The molecule has 0 fully saturated rings. The molecule has 0 bridgehead atoms. The second-order valence-corrected chi connectivity index (χ2v) is 6.64. The molecule has 1 aromatic carbocycles. The summed E-state index contributed by atoms with van der Waals surface area (Å²) in [5, 5.41) is 23.0. The highest BCUT2D eigenvalue weighted by Gasteiger charge is 2.31. The Labute approximate surface area is 123 Å². The van der Waals surface area contributed by atoms with Gasteiger partial charge in [0.25, 0.3) is 0 Å². The molecule has 0 amide bonds. The number of hydrogen-bond donors (Lipinski definition) is 2. The van der Waals surface area contributed by atoms with Crippen molar-refractivity contribution in [3.05, 3.63) is 28.3 Å². The Morgan fingerprint density at radius 1 is 1.48 bits per heavy atom. The van der Waals surface area contributed by atoms with Gasteiger partial charge in [0.15, 0.2) is 4.90 Å². The smallest absolute Gasteiger partial charge is 0.312 e. The van der Waals surface area contributed by atoms with E-state index in [2.05, 4.69) is 5.32 Å². The number of aliphatic hydroxyl groups is 1. The van der Waals surface area contributed by atoms with E-state index in [-0.39, 0.29) is 23.5 Å². The Balaban J connectivity index is 3.28. The Hall–Kier alpha value is -1.71. The normalized spacial score (nSPS) is 13.2. The van der Waals surface area contributed by atoms with Crippen molar-refractivity contribution >= 4 is 21.4 Å². The summed E-state index contributed by atoms with van der Waals surface area (Å²) in [6, 6.07) is 4.08. The first-order valence-electron chi connectivity index (χ1n) is 6.31. The number of nitrogens with zero attached hydrogens (tertiary/aromatic N) is 2. The van der Waals surface area contributed by atoms with Crippen molar-refractivity contribution in [1.29, 1.82) is 0 Å². The van der Waals surface area contributed by atoms with Gasteiger partial charge in [-0.05, 0) is 25.5 Å². The predicted octanol–water partition coefficient (Wildman–Crippen LogP) is 1.03. The van der Waals surface area contributed by atoms with Gasteiger partial charge in [0.1, 0.15) is 5.69 Å². The molecule has 8 nitrogen and oxygen atoms in total. The Kier molecular flexibility index (Phi) is 5.64. The summed E-state index contributed by atoms with van der Waals surface area (Å²) in [7, 11) is -1.19. The largest absolute Gasteiger partial charge is 0.393 e. The van der Waals surface area contributed by atoms with Gasteiger partial charge in [-0.25, -0.2) is 12.7 Å². The number of nitrogens with one attached hydrogen (secondary N) is 1. The van der Waals surface area contributed by atoms with Gasteiger partial charge in [-0.2, -0.15) is 0 Å². The second-order valence-electron chi connectivity index (χ2n) is 4.62. The number of benzene rings is 1. The summed E-state index contributed by atoms with van der Waals surface area (Å²) in [5.41, 5.74) is -0.353. The van der Waals surface area contributed by atoms with Crippen LogP contribution in [0.1, 0.15) is 13.3 Å². The standard InChI is InChI=1S/C12H19N3O5S/c1-9(16)7-8-14(3)21(19,20)11-6-4-5-10(13-2)12(11)15(17)18/h4-6,9,13,16H,7-8H2,1-3H3. The van der Waals surface area contributed by atoms with Gasteiger partial charge in [0.2, 0.25) is 10.0 Å². The van der Waals surface area contributed by atoms with Crippen LogP contribution in [-0.4, -0.2) is 49.5 Å². The lowest BCUT2D eigenvalue weighted by atomic mass is 10.3. The molecular weight excluding hydrogens is 298 g/mol. The molecule has 1 aromatic rings. The van der Waals surface area contributed by atoms with Gasteiger partial charge in [-0.3, -0.25) is 10.1 Å². The summed E-state index contributed by atoms with van der Waals surface area (Å²) >= 11 is 0. The lowest BCUT2D eigenvalue weighted by molar-refractivity contribution is -0.386. The number of sulfonamides is 1. The lowest BCUT2D eigenvalue weighted by Crippen LogP contribution is -2.30. The minimum Gasteiger partial charge on any atom is -0.393 e. The third-order valence-corrected chi connectivity index (χ3v) is 4.89. The number of hydrogen-bond acceptors (Lipinski definition) is 6. The van der Waals surface area contributed by atoms with Crippen molar-refractivity contribution in [2.75, 3.05) is 26.0 Å². The topological polar surface area (TPSA) is 113 Å². The van der Waals surface area contributed by atoms with Gasteiger partial charge >= 0.3 is 5.69 Å². The molecule has 21 heavy (non-hydrogen) atoms. The predicted molar refractivity (Wildman–Crippen MR) is 78.8 cm³/mol. The average molecular weight is 317 g/mol. The van der Waals surface area contributed by atoms with E-state index in [1.54, 1.807) is 6.92 Å². The van der Waals surface area contributed by atoms with Crippen LogP contribution >= 0.6 is 0 Å². The molecule has 0 aliphatic heterocycles. The molecular formula is C12H19N3O5S. The maximum absolute atomic E-state index is 12.5. The van der Waals surface area contributed by atoms with Crippen molar-refractivity contribution in [2.24, 2.45) is 0 Å². The van der Waals surface area contributed by atoms with Crippen molar-refractivity contribution in [3.63, 3.8) is 0 Å². The van der Waals surface area contributed by atoms with Crippen LogP contribution in [0.15, 0.2) is 23.1 Å². The molecule has 0 aliphatic rings. The summed E-state index contributed by atoms with van der Waals surface area (Å²) in [6.07, 6.45) is -0.406. The monoisotopic (exact) mass is 317 g/mol. The third-order valence-electron chi connectivity index (χ3n) is 3.00. The highest BCUT2D eigenvalue weighted by Crippen LogP contribution is 2.33. The first-order valence-corrected chi connectivity index (χ1v) is 7.75. The number of anilines is 1. The average Bonchev–Trinajstić information content (AvgIpc) is 2.43. The minimum absolute atomic E-state index is 0.0704. The molecule has 1 atom stereocenters. The van der Waals surface area contributed by atoms with E-state index < -0.39 is 26.7 Å². The fourth-order valence-corrected chi connectivity index (χ4v) is 3.14. The third kappa shape index (κ3) is 3.90. The van der Waals surface area contributed by atoms with Crippen LogP contribution in [0.3, 0.4) is 0 Å². The second kappa shape index (κ2) is 6.83. The van der Waals surface area contributed by atoms with Crippen LogP contribution in [0, 0.1) is 10.1 Å². The van der Waals surface area contributed by atoms with Gasteiger partial charge in [0, 0.05) is 20.6 Å². The zero-order valence-electron chi connectivity index (χ0n) is 12.1. The van der Waals surface area contributed by atoms with Gasteiger partial charge in [0.05, 0.1) is 11.0 Å². The maximum Gasteiger partial charge on any atom is 0.312 e. The molecule has 0 aromatic heterocycles. The first kappa shape index (κ1) is 17.3. The molecule has 9 heteroatoms. The van der Waals surface area contributed by atoms with Gasteiger partial charge < -0.3 is 10.4 Å². The first-order chi connectivity index (χ1) is 9.71. The number of rotatable bonds is 7. The van der Waals surface area contributed by atoms with Crippen molar-refractivity contribution in [1.82, 2.24) is 4.31 Å². The quantitative estimate of drug-likeness (QED) is 0.573. The summed E-state index contributed by atoms with van der Waals surface area (Å²) in [4.78, 5) is 10.1. The lowest BCUT2D eigenvalue weighted by Gasteiger charge is -2.18. The fraction of sp³-hybridized carbons (Fsp3) is 0.500. The fourth-order valence-electron chi connectivity index (χ4n) is 1.78. The SMILES string of the molecule is CNc1cccc(S(=O)(=O)N(C)CCC(C)O)c1[N+](=O)[O-]. The Bertz CT molecular complexity index is 615. The maximum atomic E-state index is 12.5. The zero-order chi connectivity index (χ0) is 16.2. The number of aliphatic hydroxyl groups excluding tert-OH is 1. The van der Waals surface area contributed by atoms with Crippen LogP contribution < -0.4 is 5.32 Å². The highest BCUT2D eigenvalue weighted by molar-refractivity contribution is 7.89. The van der Waals surface area contributed by atoms with Crippen LogP contribution in [0.2, 0.25) is 0 Å². The molecule has 118 valence electrons. The number of nitro groups is 1. The molecule has 1 rings (SSSR count). The number of para-hydroxylation sites is 1. The molecule has 1 unspecified atom stereocenters.